The first-order valence-electron chi connectivity index (χ1n) is 10.2. The van der Waals surface area contributed by atoms with Crippen molar-refractivity contribution in [3.05, 3.63) is 45.3 Å². The molecular weight excluding hydrogens is 522 g/mol. The Kier molecular flexibility index (Phi) is 8.25. The van der Waals surface area contributed by atoms with E-state index in [1.807, 2.05) is 0 Å². The zero-order valence-electron chi connectivity index (χ0n) is 18.8. The van der Waals surface area contributed by atoms with Crippen LogP contribution in [0.5, 0.6) is 0 Å². The molecule has 0 aliphatic heterocycles. The average molecular weight is 542 g/mol. The highest BCUT2D eigenvalue weighted by Crippen LogP contribution is 2.34. The van der Waals surface area contributed by atoms with Crippen molar-refractivity contribution in [2.75, 3.05) is 24.3 Å². The highest BCUT2D eigenvalue weighted by atomic mass is 35.5. The van der Waals surface area contributed by atoms with E-state index < -0.39 is 38.7 Å². The topological polar surface area (TPSA) is 155 Å². The fourth-order valence-corrected chi connectivity index (χ4v) is 5.12. The highest BCUT2D eigenvalue weighted by molar-refractivity contribution is 7.91. The lowest BCUT2D eigenvalue weighted by atomic mass is 10.1. The average Bonchev–Trinajstić information content (AvgIpc) is 3.39. The molecule has 0 aliphatic rings. The second-order valence-electron chi connectivity index (χ2n) is 6.89. The van der Waals surface area contributed by atoms with Crippen LogP contribution in [0.25, 0.3) is 11.5 Å². The maximum atomic E-state index is 12.7. The van der Waals surface area contributed by atoms with E-state index in [0.29, 0.717) is 10.6 Å². The van der Waals surface area contributed by atoms with Crippen LogP contribution in [0.1, 0.15) is 39.4 Å². The van der Waals surface area contributed by atoms with Crippen molar-refractivity contribution >= 4 is 55.6 Å². The SMILES string of the molecule is CCOC(=O)c1sc(NC(=O)CS(=O)(=O)c2nnc(-c3cccc(Cl)c3)o2)c(C(=O)OCC)c1C. The lowest BCUT2D eigenvalue weighted by Gasteiger charge is -2.06. The minimum absolute atomic E-state index is 0.0469. The second-order valence-corrected chi connectivity index (χ2v) is 10.2. The number of amides is 1. The van der Waals surface area contributed by atoms with E-state index in [1.165, 1.54) is 13.0 Å². The van der Waals surface area contributed by atoms with Crippen molar-refractivity contribution in [3.8, 4) is 11.5 Å². The van der Waals surface area contributed by atoms with E-state index >= 15 is 0 Å². The Balaban J connectivity index is 1.84. The number of carbonyl (C=O) groups excluding carboxylic acids is 3. The summed E-state index contributed by atoms with van der Waals surface area (Å²) in [4.78, 5) is 37.4. The number of sulfone groups is 1. The number of hydrogen-bond acceptors (Lipinski definition) is 11. The first-order chi connectivity index (χ1) is 16.6. The van der Waals surface area contributed by atoms with Crippen molar-refractivity contribution in [2.45, 2.75) is 26.0 Å². The van der Waals surface area contributed by atoms with Crippen LogP contribution in [-0.2, 0) is 24.1 Å². The maximum Gasteiger partial charge on any atom is 0.348 e. The van der Waals surface area contributed by atoms with Gasteiger partial charge in [0.15, 0.2) is 0 Å². The summed E-state index contributed by atoms with van der Waals surface area (Å²) in [6.45, 7) is 4.87. The summed E-state index contributed by atoms with van der Waals surface area (Å²) < 4.78 is 40.6. The molecule has 0 atom stereocenters. The number of aromatic nitrogens is 2. The van der Waals surface area contributed by atoms with Gasteiger partial charge in [-0.15, -0.1) is 16.4 Å². The number of rotatable bonds is 9. The summed E-state index contributed by atoms with van der Waals surface area (Å²) in [7, 11) is -4.34. The summed E-state index contributed by atoms with van der Waals surface area (Å²) in [5, 5.41) is 9.16. The van der Waals surface area contributed by atoms with Gasteiger partial charge < -0.3 is 19.2 Å². The van der Waals surface area contributed by atoms with E-state index in [1.54, 1.807) is 32.0 Å². The van der Waals surface area contributed by atoms with Gasteiger partial charge in [-0.1, -0.05) is 22.8 Å². The van der Waals surface area contributed by atoms with E-state index in [-0.39, 0.29) is 40.1 Å². The van der Waals surface area contributed by atoms with Gasteiger partial charge in [-0.25, -0.2) is 18.0 Å². The molecule has 186 valence electrons. The van der Waals surface area contributed by atoms with Crippen LogP contribution >= 0.6 is 22.9 Å². The van der Waals surface area contributed by atoms with Crippen LogP contribution < -0.4 is 5.32 Å². The van der Waals surface area contributed by atoms with Crippen molar-refractivity contribution in [3.63, 3.8) is 0 Å². The Morgan fingerprint density at radius 2 is 1.80 bits per heavy atom. The van der Waals surface area contributed by atoms with Crippen molar-refractivity contribution in [2.24, 2.45) is 0 Å². The van der Waals surface area contributed by atoms with Crippen LogP contribution in [0.15, 0.2) is 33.9 Å². The molecule has 1 aromatic carbocycles. The van der Waals surface area contributed by atoms with Crippen molar-refractivity contribution < 1.29 is 36.7 Å². The van der Waals surface area contributed by atoms with Gasteiger partial charge in [-0.05, 0) is 44.5 Å². The summed E-state index contributed by atoms with van der Waals surface area (Å²) in [5.74, 6) is -3.61. The lowest BCUT2D eigenvalue weighted by molar-refractivity contribution is -0.113. The largest absolute Gasteiger partial charge is 0.462 e. The quantitative estimate of drug-likeness (QED) is 0.397. The highest BCUT2D eigenvalue weighted by Gasteiger charge is 2.30. The minimum Gasteiger partial charge on any atom is -0.462 e. The molecule has 0 spiro atoms. The van der Waals surface area contributed by atoms with E-state index in [4.69, 9.17) is 25.5 Å². The number of benzene rings is 1. The lowest BCUT2D eigenvalue weighted by Crippen LogP contribution is -2.24. The molecular formula is C21H20ClN3O8S2. The molecule has 14 heteroatoms. The molecule has 0 bridgehead atoms. The fourth-order valence-electron chi connectivity index (χ4n) is 2.91. The number of hydrogen-bond donors (Lipinski definition) is 1. The normalized spacial score (nSPS) is 11.2. The number of nitrogens with one attached hydrogen (secondary N) is 1. The van der Waals surface area contributed by atoms with Crippen LogP contribution in [0.3, 0.4) is 0 Å². The monoisotopic (exact) mass is 541 g/mol. The van der Waals surface area contributed by atoms with Gasteiger partial charge >= 0.3 is 17.2 Å². The molecule has 1 N–H and O–H groups in total. The molecule has 2 heterocycles. The van der Waals surface area contributed by atoms with Gasteiger partial charge in [0.2, 0.25) is 21.6 Å². The summed E-state index contributed by atoms with van der Waals surface area (Å²) in [6, 6.07) is 6.35. The van der Waals surface area contributed by atoms with Crippen molar-refractivity contribution in [1.29, 1.82) is 0 Å². The number of ether oxygens (including phenoxy) is 2. The fraction of sp³-hybridized carbons (Fsp3) is 0.286. The molecule has 0 radical (unpaired) electrons. The molecule has 0 fully saturated rings. The molecule has 1 amide bonds. The minimum atomic E-state index is -4.34. The summed E-state index contributed by atoms with van der Waals surface area (Å²) >= 11 is 6.70. The molecule has 3 rings (SSSR count). The Hall–Kier alpha value is -3.29. The molecule has 2 aromatic heterocycles. The Bertz CT molecular complexity index is 1380. The molecule has 0 saturated carbocycles. The number of anilines is 1. The number of nitrogens with zero attached hydrogens (tertiary/aromatic N) is 2. The summed E-state index contributed by atoms with van der Waals surface area (Å²) in [5.41, 5.74) is 0.579. The number of esters is 2. The van der Waals surface area contributed by atoms with E-state index in [9.17, 15) is 22.8 Å². The molecule has 0 unspecified atom stereocenters. The van der Waals surface area contributed by atoms with Gasteiger partial charge in [-0.3, -0.25) is 4.79 Å². The van der Waals surface area contributed by atoms with Gasteiger partial charge in [0.05, 0.1) is 18.8 Å². The third-order valence-corrected chi connectivity index (χ3v) is 7.17. The maximum absolute atomic E-state index is 12.7. The van der Waals surface area contributed by atoms with Crippen LogP contribution in [0.4, 0.5) is 5.00 Å². The number of halogens is 1. The molecule has 3 aromatic rings. The van der Waals surface area contributed by atoms with Crippen LogP contribution in [-0.4, -0.2) is 55.4 Å². The first-order valence-corrected chi connectivity index (χ1v) is 13.0. The van der Waals surface area contributed by atoms with Crippen LogP contribution in [0, 0.1) is 6.92 Å². The molecule has 0 saturated heterocycles. The number of thiophene rings is 1. The Morgan fingerprint density at radius 1 is 1.11 bits per heavy atom. The first kappa shape index (κ1) is 26.3. The van der Waals surface area contributed by atoms with E-state index in [0.717, 1.165) is 11.3 Å². The van der Waals surface area contributed by atoms with Gasteiger partial charge in [-0.2, -0.15) is 0 Å². The van der Waals surface area contributed by atoms with E-state index in [2.05, 4.69) is 15.5 Å². The van der Waals surface area contributed by atoms with Crippen LogP contribution in [0.2, 0.25) is 5.02 Å². The zero-order chi connectivity index (χ0) is 25.8. The van der Waals surface area contributed by atoms with Gasteiger partial charge in [0, 0.05) is 10.6 Å². The second kappa shape index (κ2) is 11.0. The van der Waals surface area contributed by atoms with Gasteiger partial charge in [0.25, 0.3) is 0 Å². The smallest absolute Gasteiger partial charge is 0.348 e. The predicted octanol–water partition coefficient (Wildman–Crippen LogP) is 3.53. The third-order valence-electron chi connectivity index (χ3n) is 4.41. The standard InChI is InChI=1S/C21H20ClN3O8S2/c1-4-31-19(27)15-11(3)16(20(28)32-5-2)34-18(15)23-14(26)10-35(29,30)21-25-24-17(33-21)12-7-6-8-13(22)9-12/h6-9H,4-5,10H2,1-3H3,(H,23,26). The van der Waals surface area contributed by atoms with Crippen molar-refractivity contribution in [1.82, 2.24) is 10.2 Å². The Labute approximate surface area is 209 Å². The Morgan fingerprint density at radius 3 is 2.46 bits per heavy atom. The third kappa shape index (κ3) is 6.05. The molecule has 0 aliphatic carbocycles. The number of carbonyl (C=O) groups is 3. The molecule has 35 heavy (non-hydrogen) atoms. The zero-order valence-corrected chi connectivity index (χ0v) is 21.2. The summed E-state index contributed by atoms with van der Waals surface area (Å²) in [6.07, 6.45) is 0. The van der Waals surface area contributed by atoms with Gasteiger partial charge in [0.1, 0.15) is 15.6 Å². The molecule has 11 nitrogen and oxygen atoms in total. The predicted molar refractivity (Wildman–Crippen MR) is 126 cm³/mol.